The van der Waals surface area contributed by atoms with Crippen LogP contribution in [0, 0.1) is 13.8 Å². The Hall–Kier alpha value is -2.52. The number of fused-ring (bicyclic) bond motifs is 1. The summed E-state index contributed by atoms with van der Waals surface area (Å²) in [6, 6.07) is 23.1. The Morgan fingerprint density at radius 1 is 0.929 bits per heavy atom. The number of anilines is 1. The zero-order valence-electron chi connectivity index (χ0n) is 23.8. The standard InChI is InChI=1S/C26H27Br2NO.C7H7ClO3S/c1-16-6-8-18(9-7-16)15-30-26-13-21-5-3-4-20(22(21)14-25(26)29)10-19-11-23(27)17(2)24(28)12-19;1-11-6-2-4-7(5-3-6)12(8,9)10/h6-9,11-14,20H,3-5,10,15,29H2,1-2H3;2-5H,1H3. The van der Waals surface area contributed by atoms with Gasteiger partial charge in [0.15, 0.2) is 0 Å². The van der Waals surface area contributed by atoms with Gasteiger partial charge in [-0.05, 0) is 122 Å². The van der Waals surface area contributed by atoms with E-state index >= 15 is 0 Å². The van der Waals surface area contributed by atoms with Crippen molar-refractivity contribution < 1.29 is 17.9 Å². The van der Waals surface area contributed by atoms with Crippen LogP contribution in [0.1, 0.15) is 52.1 Å². The number of aryl methyl sites for hydroxylation is 2. The van der Waals surface area contributed by atoms with E-state index in [9.17, 15) is 8.42 Å². The molecule has 4 aromatic rings. The molecule has 0 saturated heterocycles. The number of halogens is 3. The van der Waals surface area contributed by atoms with Gasteiger partial charge >= 0.3 is 0 Å². The molecule has 1 atom stereocenters. The van der Waals surface area contributed by atoms with Crippen molar-refractivity contribution in [1.82, 2.24) is 0 Å². The molecule has 222 valence electrons. The van der Waals surface area contributed by atoms with Crippen LogP contribution in [-0.2, 0) is 28.5 Å². The molecule has 9 heteroatoms. The van der Waals surface area contributed by atoms with Crippen molar-refractivity contribution in [2.45, 2.75) is 57.0 Å². The van der Waals surface area contributed by atoms with E-state index in [-0.39, 0.29) is 4.90 Å². The molecular formula is C33H34Br2ClNO4S. The first-order valence-corrected chi connectivity index (χ1v) is 17.5. The fourth-order valence-corrected chi connectivity index (χ4v) is 7.02. The van der Waals surface area contributed by atoms with Crippen LogP contribution in [0.2, 0.25) is 0 Å². The summed E-state index contributed by atoms with van der Waals surface area (Å²) < 4.78 is 34.8. The highest BCUT2D eigenvalue weighted by atomic mass is 79.9. The van der Waals surface area contributed by atoms with Gasteiger partial charge in [-0.2, -0.15) is 0 Å². The van der Waals surface area contributed by atoms with Gasteiger partial charge in [-0.3, -0.25) is 0 Å². The number of benzene rings is 4. The summed E-state index contributed by atoms with van der Waals surface area (Å²) >= 11 is 7.38. The molecule has 4 aromatic carbocycles. The number of ether oxygens (including phenoxy) is 2. The van der Waals surface area contributed by atoms with Crippen LogP contribution in [-0.4, -0.2) is 15.5 Å². The highest BCUT2D eigenvalue weighted by Gasteiger charge is 2.23. The van der Waals surface area contributed by atoms with Crippen molar-refractivity contribution in [3.63, 3.8) is 0 Å². The zero-order valence-corrected chi connectivity index (χ0v) is 28.5. The molecule has 0 saturated carbocycles. The molecule has 5 rings (SSSR count). The second kappa shape index (κ2) is 14.3. The van der Waals surface area contributed by atoms with Crippen molar-refractivity contribution in [1.29, 1.82) is 0 Å². The van der Waals surface area contributed by atoms with Crippen molar-refractivity contribution in [2.24, 2.45) is 0 Å². The van der Waals surface area contributed by atoms with E-state index < -0.39 is 9.05 Å². The summed E-state index contributed by atoms with van der Waals surface area (Å²) in [5.74, 6) is 1.89. The number of nitrogen functional groups attached to an aromatic ring is 1. The van der Waals surface area contributed by atoms with Gasteiger partial charge in [0, 0.05) is 19.6 Å². The predicted octanol–water partition coefficient (Wildman–Crippen LogP) is 9.27. The monoisotopic (exact) mass is 733 g/mol. The third-order valence-electron chi connectivity index (χ3n) is 7.39. The maximum atomic E-state index is 10.8. The van der Waals surface area contributed by atoms with Gasteiger partial charge in [-0.25, -0.2) is 8.42 Å². The fraction of sp³-hybridized carbons (Fsp3) is 0.273. The molecule has 0 aliphatic heterocycles. The van der Waals surface area contributed by atoms with E-state index in [4.69, 9.17) is 25.9 Å². The smallest absolute Gasteiger partial charge is 0.261 e. The maximum absolute atomic E-state index is 10.8. The third kappa shape index (κ3) is 8.53. The Bertz CT molecular complexity index is 1620. The second-order valence-corrected chi connectivity index (χ2v) is 14.7. The normalized spacial score (nSPS) is 14.4. The molecule has 0 bridgehead atoms. The highest BCUT2D eigenvalue weighted by Crippen LogP contribution is 2.40. The lowest BCUT2D eigenvalue weighted by molar-refractivity contribution is 0.307. The Labute approximate surface area is 270 Å². The predicted molar refractivity (Wildman–Crippen MR) is 178 cm³/mol. The zero-order chi connectivity index (χ0) is 30.4. The molecule has 0 heterocycles. The maximum Gasteiger partial charge on any atom is 0.261 e. The second-order valence-electron chi connectivity index (χ2n) is 10.5. The van der Waals surface area contributed by atoms with Gasteiger partial charge in [0.2, 0.25) is 0 Å². The highest BCUT2D eigenvalue weighted by molar-refractivity contribution is 9.11. The van der Waals surface area contributed by atoms with E-state index in [1.165, 1.54) is 72.0 Å². The lowest BCUT2D eigenvalue weighted by atomic mass is 9.79. The van der Waals surface area contributed by atoms with Crippen molar-refractivity contribution in [3.8, 4) is 11.5 Å². The van der Waals surface area contributed by atoms with Crippen LogP contribution in [0.4, 0.5) is 5.69 Å². The minimum Gasteiger partial charge on any atom is -0.497 e. The fourth-order valence-electron chi connectivity index (χ4n) is 4.97. The number of rotatable bonds is 7. The van der Waals surface area contributed by atoms with E-state index in [1.54, 1.807) is 0 Å². The average molecular weight is 736 g/mol. The number of hydrogen-bond donors (Lipinski definition) is 1. The molecule has 0 fully saturated rings. The molecule has 5 nitrogen and oxygen atoms in total. The van der Waals surface area contributed by atoms with Crippen LogP contribution < -0.4 is 15.2 Å². The van der Waals surface area contributed by atoms with Crippen molar-refractivity contribution in [3.05, 3.63) is 115 Å². The molecule has 0 amide bonds. The van der Waals surface area contributed by atoms with Crippen LogP contribution in [0.5, 0.6) is 11.5 Å². The first kappa shape index (κ1) is 32.4. The van der Waals surface area contributed by atoms with Gasteiger partial charge in [0.05, 0.1) is 17.7 Å². The van der Waals surface area contributed by atoms with Gasteiger partial charge in [0.1, 0.15) is 18.1 Å². The van der Waals surface area contributed by atoms with Gasteiger partial charge in [-0.15, -0.1) is 0 Å². The van der Waals surface area contributed by atoms with Gasteiger partial charge < -0.3 is 15.2 Å². The Morgan fingerprint density at radius 2 is 1.57 bits per heavy atom. The largest absolute Gasteiger partial charge is 0.497 e. The lowest BCUT2D eigenvalue weighted by Crippen LogP contribution is -2.13. The summed E-state index contributed by atoms with van der Waals surface area (Å²) in [6.07, 6.45) is 4.51. The number of hydrogen-bond acceptors (Lipinski definition) is 5. The van der Waals surface area contributed by atoms with Crippen molar-refractivity contribution in [2.75, 3.05) is 12.8 Å². The Morgan fingerprint density at radius 3 is 2.17 bits per heavy atom. The van der Waals surface area contributed by atoms with E-state index in [0.717, 1.165) is 38.8 Å². The molecule has 1 aliphatic carbocycles. The Balaban J connectivity index is 0.000000283. The van der Waals surface area contributed by atoms with Gasteiger partial charge in [-0.1, -0.05) is 61.7 Å². The van der Waals surface area contributed by atoms with Crippen LogP contribution in [0.25, 0.3) is 0 Å². The molecule has 0 spiro atoms. The first-order chi connectivity index (χ1) is 19.9. The van der Waals surface area contributed by atoms with Crippen molar-refractivity contribution >= 4 is 57.3 Å². The third-order valence-corrected chi connectivity index (χ3v) is 10.4. The molecule has 2 N–H and O–H groups in total. The topological polar surface area (TPSA) is 78.6 Å². The van der Waals surface area contributed by atoms with E-state index in [2.05, 4.69) is 94.2 Å². The van der Waals surface area contributed by atoms with Crippen LogP contribution in [0.15, 0.2) is 86.6 Å². The number of nitrogens with two attached hydrogens (primary N) is 1. The molecule has 0 aromatic heterocycles. The van der Waals surface area contributed by atoms with Crippen LogP contribution in [0.3, 0.4) is 0 Å². The average Bonchev–Trinajstić information content (AvgIpc) is 2.96. The Kier molecular flexibility index (Phi) is 11.0. The summed E-state index contributed by atoms with van der Waals surface area (Å²) in [7, 11) is 2.98. The first-order valence-electron chi connectivity index (χ1n) is 13.6. The molecule has 1 unspecified atom stereocenters. The van der Waals surface area contributed by atoms with Crippen LogP contribution >= 0.6 is 42.5 Å². The number of methoxy groups -OCH3 is 1. The van der Waals surface area contributed by atoms with Gasteiger partial charge in [0.25, 0.3) is 9.05 Å². The summed E-state index contributed by atoms with van der Waals surface area (Å²) in [6.45, 7) is 4.75. The minimum absolute atomic E-state index is 0.0740. The summed E-state index contributed by atoms with van der Waals surface area (Å²) in [4.78, 5) is 0.0740. The molecule has 1 aliphatic rings. The molecule has 42 heavy (non-hydrogen) atoms. The SMILES string of the molecule is COc1ccc(S(=O)(=O)Cl)cc1.Cc1ccc(COc2cc3c(cc2N)C(Cc2cc(Br)c(C)c(Br)c2)CCC3)cc1. The summed E-state index contributed by atoms with van der Waals surface area (Å²) in [5, 5.41) is 0. The summed E-state index contributed by atoms with van der Waals surface area (Å²) in [5.41, 5.74) is 14.9. The quantitative estimate of drug-likeness (QED) is 0.151. The molecular weight excluding hydrogens is 702 g/mol. The molecule has 0 radical (unpaired) electrons. The minimum atomic E-state index is -3.61. The van der Waals surface area contributed by atoms with E-state index in [1.807, 2.05) is 0 Å². The lowest BCUT2D eigenvalue weighted by Gasteiger charge is -2.27. The van der Waals surface area contributed by atoms with E-state index in [0.29, 0.717) is 18.3 Å².